The molecule has 7 nitrogen and oxygen atoms in total. The number of nitrogens with zero attached hydrogens (tertiary/aromatic N) is 3. The van der Waals surface area contributed by atoms with E-state index in [1.807, 2.05) is 0 Å². The Morgan fingerprint density at radius 2 is 1.75 bits per heavy atom. The highest BCUT2D eigenvalue weighted by molar-refractivity contribution is 5.95. The molecule has 1 unspecified atom stereocenters. The standard InChI is InChI=1S/C20H22FN3O4/c1-12-10-23-16(18(26)22(12)11-13-6-8-14(21)9-7-13)17(25)19(27)24(20(23)28)15-4-2-3-5-15/h6-9,12,15,25H,2-5,10-11H2,1H3. The van der Waals surface area contributed by atoms with Crippen molar-refractivity contribution in [2.45, 2.75) is 57.8 Å². The fourth-order valence-electron chi connectivity index (χ4n) is 4.24. The molecule has 0 bridgehead atoms. The molecule has 0 spiro atoms. The van der Waals surface area contributed by atoms with Crippen LogP contribution < -0.4 is 11.2 Å². The Hall–Kier alpha value is -2.90. The molecule has 2 heterocycles. The fraction of sp³-hybridized carbons (Fsp3) is 0.450. The number of fused-ring (bicyclic) bond motifs is 1. The predicted molar refractivity (Wildman–Crippen MR) is 99.9 cm³/mol. The number of hydrogen-bond acceptors (Lipinski definition) is 4. The van der Waals surface area contributed by atoms with Gasteiger partial charge in [-0.25, -0.2) is 9.18 Å². The number of hydrogen-bond donors (Lipinski definition) is 1. The van der Waals surface area contributed by atoms with E-state index >= 15 is 0 Å². The number of benzene rings is 1. The molecule has 4 rings (SSSR count). The number of aromatic hydroxyl groups is 1. The first kappa shape index (κ1) is 18.5. The van der Waals surface area contributed by atoms with Crippen molar-refractivity contribution in [1.82, 2.24) is 14.0 Å². The first-order valence-corrected chi connectivity index (χ1v) is 9.52. The molecule has 0 saturated heterocycles. The van der Waals surface area contributed by atoms with Crippen LogP contribution in [0.15, 0.2) is 33.9 Å². The van der Waals surface area contributed by atoms with Gasteiger partial charge < -0.3 is 10.0 Å². The number of carbonyl (C=O) groups excluding carboxylic acids is 1. The highest BCUT2D eigenvalue weighted by Gasteiger charge is 2.36. The van der Waals surface area contributed by atoms with Gasteiger partial charge in [-0.3, -0.25) is 18.7 Å². The van der Waals surface area contributed by atoms with Crippen LogP contribution >= 0.6 is 0 Å². The molecule has 1 aromatic heterocycles. The van der Waals surface area contributed by atoms with Crippen LogP contribution in [0.3, 0.4) is 0 Å². The summed E-state index contributed by atoms with van der Waals surface area (Å²) in [5.41, 5.74) is -0.875. The quantitative estimate of drug-likeness (QED) is 0.873. The lowest BCUT2D eigenvalue weighted by Gasteiger charge is -2.36. The molecular weight excluding hydrogens is 365 g/mol. The summed E-state index contributed by atoms with van der Waals surface area (Å²) in [4.78, 5) is 40.2. The molecule has 1 N–H and O–H groups in total. The highest BCUT2D eigenvalue weighted by Crippen LogP contribution is 2.29. The lowest BCUT2D eigenvalue weighted by atomic mass is 10.1. The zero-order valence-electron chi connectivity index (χ0n) is 15.6. The van der Waals surface area contributed by atoms with Crippen molar-refractivity contribution in [2.75, 3.05) is 0 Å². The molecule has 0 radical (unpaired) electrons. The minimum Gasteiger partial charge on any atom is -0.501 e. The van der Waals surface area contributed by atoms with Gasteiger partial charge in [-0.05, 0) is 37.5 Å². The third-order valence-electron chi connectivity index (χ3n) is 5.75. The first-order chi connectivity index (χ1) is 13.4. The number of amides is 1. The normalized spacial score (nSPS) is 19.9. The van der Waals surface area contributed by atoms with Crippen LogP contribution in [0.4, 0.5) is 4.39 Å². The van der Waals surface area contributed by atoms with Gasteiger partial charge in [0, 0.05) is 25.2 Å². The molecule has 2 aromatic rings. The first-order valence-electron chi connectivity index (χ1n) is 9.52. The van der Waals surface area contributed by atoms with Crippen molar-refractivity contribution >= 4 is 5.91 Å². The largest absolute Gasteiger partial charge is 0.501 e. The van der Waals surface area contributed by atoms with E-state index in [9.17, 15) is 23.9 Å². The van der Waals surface area contributed by atoms with E-state index in [0.29, 0.717) is 12.8 Å². The Labute approximate surface area is 160 Å². The summed E-state index contributed by atoms with van der Waals surface area (Å²) in [5.74, 6) is -1.62. The van der Waals surface area contributed by atoms with E-state index in [-0.39, 0.29) is 36.7 Å². The van der Waals surface area contributed by atoms with E-state index in [4.69, 9.17) is 0 Å². The van der Waals surface area contributed by atoms with Crippen molar-refractivity contribution < 1.29 is 14.3 Å². The minimum absolute atomic E-state index is 0.182. The highest BCUT2D eigenvalue weighted by atomic mass is 19.1. The second-order valence-electron chi connectivity index (χ2n) is 7.61. The van der Waals surface area contributed by atoms with E-state index in [1.165, 1.54) is 21.6 Å². The SMILES string of the molecule is CC1Cn2c(c(O)c(=O)n(C3CCCC3)c2=O)C(=O)N1Cc1ccc(F)cc1. The van der Waals surface area contributed by atoms with Gasteiger partial charge in [0.2, 0.25) is 5.75 Å². The molecule has 8 heteroatoms. The van der Waals surface area contributed by atoms with Crippen LogP contribution in [-0.2, 0) is 13.1 Å². The fourth-order valence-corrected chi connectivity index (χ4v) is 4.24. The van der Waals surface area contributed by atoms with E-state index in [1.54, 1.807) is 19.1 Å². The molecule has 148 valence electrons. The second kappa shape index (κ2) is 6.92. The van der Waals surface area contributed by atoms with Crippen LogP contribution in [-0.4, -0.2) is 31.1 Å². The average Bonchev–Trinajstić information content (AvgIpc) is 3.19. The second-order valence-corrected chi connectivity index (χ2v) is 7.61. The average molecular weight is 387 g/mol. The van der Waals surface area contributed by atoms with Crippen molar-refractivity contribution in [3.05, 3.63) is 62.2 Å². The van der Waals surface area contributed by atoms with Crippen molar-refractivity contribution in [3.63, 3.8) is 0 Å². The van der Waals surface area contributed by atoms with Gasteiger partial charge in [0.05, 0.1) is 0 Å². The van der Waals surface area contributed by atoms with Crippen molar-refractivity contribution in [3.8, 4) is 5.75 Å². The minimum atomic E-state index is -0.798. The topological polar surface area (TPSA) is 84.5 Å². The summed E-state index contributed by atoms with van der Waals surface area (Å²) in [6, 6.07) is 5.22. The molecule has 1 amide bonds. The summed E-state index contributed by atoms with van der Waals surface area (Å²) >= 11 is 0. The Bertz CT molecular complexity index is 1040. The molecule has 1 aliphatic heterocycles. The Kier molecular flexibility index (Phi) is 4.56. The molecule has 1 aliphatic carbocycles. The molecule has 1 fully saturated rings. The van der Waals surface area contributed by atoms with Crippen LogP contribution in [0.25, 0.3) is 0 Å². The lowest BCUT2D eigenvalue weighted by molar-refractivity contribution is 0.0578. The summed E-state index contributed by atoms with van der Waals surface area (Å²) in [6.45, 7) is 2.18. The smallest absolute Gasteiger partial charge is 0.332 e. The third kappa shape index (κ3) is 2.93. The molecule has 2 aliphatic rings. The molecule has 28 heavy (non-hydrogen) atoms. The van der Waals surface area contributed by atoms with Gasteiger partial charge in [-0.15, -0.1) is 0 Å². The van der Waals surface area contributed by atoms with Crippen LogP contribution in [0.2, 0.25) is 0 Å². The summed E-state index contributed by atoms with van der Waals surface area (Å²) in [6.07, 6.45) is 3.29. The summed E-state index contributed by atoms with van der Waals surface area (Å²) < 4.78 is 15.5. The van der Waals surface area contributed by atoms with Crippen molar-refractivity contribution in [1.29, 1.82) is 0 Å². The predicted octanol–water partition coefficient (Wildman–Crippen LogP) is 2.01. The van der Waals surface area contributed by atoms with Gasteiger partial charge in [-0.1, -0.05) is 25.0 Å². The number of carbonyl (C=O) groups is 1. The van der Waals surface area contributed by atoms with E-state index < -0.39 is 22.9 Å². The maximum atomic E-state index is 13.1. The van der Waals surface area contributed by atoms with Gasteiger partial charge in [-0.2, -0.15) is 0 Å². The van der Waals surface area contributed by atoms with Gasteiger partial charge in [0.15, 0.2) is 5.69 Å². The van der Waals surface area contributed by atoms with Gasteiger partial charge in [0.1, 0.15) is 5.82 Å². The molecular formula is C20H22FN3O4. The molecule has 1 aromatic carbocycles. The van der Waals surface area contributed by atoms with E-state index in [2.05, 4.69) is 0 Å². The van der Waals surface area contributed by atoms with E-state index in [0.717, 1.165) is 23.0 Å². The van der Waals surface area contributed by atoms with Crippen LogP contribution in [0, 0.1) is 5.82 Å². The maximum Gasteiger partial charge on any atom is 0.332 e. The van der Waals surface area contributed by atoms with Crippen LogP contribution in [0.5, 0.6) is 5.75 Å². The molecule has 1 atom stereocenters. The zero-order chi connectivity index (χ0) is 20.0. The Morgan fingerprint density at radius 1 is 1.11 bits per heavy atom. The number of aromatic nitrogens is 2. The Balaban J connectivity index is 1.76. The lowest BCUT2D eigenvalue weighted by Crippen LogP contribution is -2.53. The van der Waals surface area contributed by atoms with Crippen molar-refractivity contribution in [2.24, 2.45) is 0 Å². The molecule has 1 saturated carbocycles. The Morgan fingerprint density at radius 3 is 2.39 bits per heavy atom. The zero-order valence-corrected chi connectivity index (χ0v) is 15.6. The van der Waals surface area contributed by atoms with Gasteiger partial charge >= 0.3 is 5.69 Å². The maximum absolute atomic E-state index is 13.1. The van der Waals surface area contributed by atoms with Crippen LogP contribution in [0.1, 0.15) is 54.7 Å². The monoisotopic (exact) mass is 387 g/mol. The number of rotatable bonds is 3. The summed E-state index contributed by atoms with van der Waals surface area (Å²) in [5, 5.41) is 10.5. The number of halogens is 1. The third-order valence-corrected chi connectivity index (χ3v) is 5.75. The van der Waals surface area contributed by atoms with Gasteiger partial charge in [0.25, 0.3) is 11.5 Å². The summed E-state index contributed by atoms with van der Waals surface area (Å²) in [7, 11) is 0.